The number of hydrogen-bond acceptors (Lipinski definition) is 4. The molecule has 1 aromatic carbocycles. The van der Waals surface area contributed by atoms with Gasteiger partial charge in [0, 0.05) is 18.3 Å². The predicted molar refractivity (Wildman–Crippen MR) is 86.7 cm³/mol. The lowest BCUT2D eigenvalue weighted by molar-refractivity contribution is -0.137. The number of carboxylic acids is 1. The Morgan fingerprint density at radius 3 is 2.50 bits per heavy atom. The average molecular weight is 326 g/mol. The van der Waals surface area contributed by atoms with Crippen molar-refractivity contribution in [1.29, 1.82) is 0 Å². The molecule has 1 N–H and O–H groups in total. The molecule has 1 fully saturated rings. The van der Waals surface area contributed by atoms with Crippen LogP contribution in [0.4, 0.5) is 0 Å². The molecule has 6 heteroatoms. The second-order valence-corrected chi connectivity index (χ2v) is 5.72. The van der Waals surface area contributed by atoms with Crippen molar-refractivity contribution >= 4 is 11.9 Å². The molecule has 0 radical (unpaired) electrons. The largest absolute Gasteiger partial charge is 0.480 e. The van der Waals surface area contributed by atoms with E-state index >= 15 is 0 Å². The first-order chi connectivity index (χ1) is 11.6. The summed E-state index contributed by atoms with van der Waals surface area (Å²) in [5.41, 5.74) is 1.40. The maximum atomic E-state index is 12.4. The average Bonchev–Trinajstić information content (AvgIpc) is 3.43. The predicted octanol–water partition coefficient (Wildman–Crippen LogP) is 2.35. The smallest absolute Gasteiger partial charge is 0.323 e. The normalized spacial score (nSPS) is 13.3. The van der Waals surface area contributed by atoms with Gasteiger partial charge in [-0.1, -0.05) is 30.3 Å². The van der Waals surface area contributed by atoms with Crippen LogP contribution in [0.3, 0.4) is 0 Å². The van der Waals surface area contributed by atoms with Crippen molar-refractivity contribution in [3.8, 4) is 5.88 Å². The number of carbonyl (C=O) groups excluding carboxylic acids is 1. The van der Waals surface area contributed by atoms with Crippen molar-refractivity contribution < 1.29 is 19.4 Å². The summed E-state index contributed by atoms with van der Waals surface area (Å²) >= 11 is 0. The zero-order valence-electron chi connectivity index (χ0n) is 13.1. The summed E-state index contributed by atoms with van der Waals surface area (Å²) in [7, 11) is 0. The van der Waals surface area contributed by atoms with Crippen molar-refractivity contribution in [3.05, 3.63) is 59.8 Å². The molecule has 3 rings (SSSR count). The number of rotatable bonds is 7. The van der Waals surface area contributed by atoms with Crippen molar-refractivity contribution in [1.82, 2.24) is 9.88 Å². The van der Waals surface area contributed by atoms with Crippen LogP contribution in [0.5, 0.6) is 5.88 Å². The summed E-state index contributed by atoms with van der Waals surface area (Å²) in [6, 6.07) is 13.0. The van der Waals surface area contributed by atoms with E-state index in [0.717, 1.165) is 18.4 Å². The molecule has 1 heterocycles. The maximum absolute atomic E-state index is 12.4. The number of hydrogen-bond donors (Lipinski definition) is 1. The Bertz CT molecular complexity index is 712. The third-order valence-electron chi connectivity index (χ3n) is 3.77. The van der Waals surface area contributed by atoms with Gasteiger partial charge in [-0.15, -0.1) is 0 Å². The lowest BCUT2D eigenvalue weighted by Gasteiger charge is -2.20. The van der Waals surface area contributed by atoms with Crippen LogP contribution in [-0.4, -0.2) is 39.5 Å². The van der Waals surface area contributed by atoms with Gasteiger partial charge in [-0.05, 0) is 24.5 Å². The molecule has 124 valence electrons. The standard InChI is InChI=1S/C18H18N2O4/c21-17(22)11-20(15-7-8-15)18(23)14-6-9-16(19-10-14)24-12-13-4-2-1-3-5-13/h1-6,9-10,15H,7-8,11-12H2,(H,21,22). The molecule has 0 atom stereocenters. The van der Waals surface area contributed by atoms with Gasteiger partial charge in [0.1, 0.15) is 13.2 Å². The van der Waals surface area contributed by atoms with Crippen LogP contribution in [-0.2, 0) is 11.4 Å². The fourth-order valence-corrected chi connectivity index (χ4v) is 2.39. The number of ether oxygens (including phenoxy) is 1. The Hall–Kier alpha value is -2.89. The number of pyridine rings is 1. The summed E-state index contributed by atoms with van der Waals surface area (Å²) in [6.07, 6.45) is 3.13. The van der Waals surface area contributed by atoms with E-state index in [4.69, 9.17) is 9.84 Å². The van der Waals surface area contributed by atoms with Gasteiger partial charge in [0.2, 0.25) is 5.88 Å². The Morgan fingerprint density at radius 1 is 1.17 bits per heavy atom. The van der Waals surface area contributed by atoms with Gasteiger partial charge >= 0.3 is 5.97 Å². The summed E-state index contributed by atoms with van der Waals surface area (Å²) in [6.45, 7) is 0.115. The van der Waals surface area contributed by atoms with Crippen LogP contribution in [0.25, 0.3) is 0 Å². The zero-order valence-corrected chi connectivity index (χ0v) is 13.1. The van der Waals surface area contributed by atoms with Gasteiger partial charge in [-0.2, -0.15) is 0 Å². The third-order valence-corrected chi connectivity index (χ3v) is 3.77. The van der Waals surface area contributed by atoms with Gasteiger partial charge in [-0.3, -0.25) is 9.59 Å². The molecule has 24 heavy (non-hydrogen) atoms. The monoisotopic (exact) mass is 326 g/mol. The van der Waals surface area contributed by atoms with Crippen molar-refractivity contribution in [2.75, 3.05) is 6.54 Å². The molecule has 6 nitrogen and oxygen atoms in total. The van der Waals surface area contributed by atoms with Gasteiger partial charge in [-0.25, -0.2) is 4.98 Å². The highest BCUT2D eigenvalue weighted by molar-refractivity contribution is 5.96. The molecule has 1 aliphatic carbocycles. The van der Waals surface area contributed by atoms with Crippen LogP contribution in [0, 0.1) is 0 Å². The maximum Gasteiger partial charge on any atom is 0.323 e. The summed E-state index contributed by atoms with van der Waals surface area (Å²) < 4.78 is 5.58. The molecule has 0 bridgehead atoms. The number of carboxylic acid groups (broad SMARTS) is 1. The highest BCUT2D eigenvalue weighted by atomic mass is 16.5. The molecule has 1 aliphatic rings. The second kappa shape index (κ2) is 7.12. The summed E-state index contributed by atoms with van der Waals surface area (Å²) in [5.74, 6) is -0.889. The highest BCUT2D eigenvalue weighted by Gasteiger charge is 2.34. The number of nitrogens with zero attached hydrogens (tertiary/aromatic N) is 2. The molecular weight excluding hydrogens is 308 g/mol. The van der Waals surface area contributed by atoms with Crippen LogP contribution in [0.2, 0.25) is 0 Å². The number of aliphatic carboxylic acids is 1. The van der Waals surface area contributed by atoms with E-state index in [1.54, 1.807) is 12.1 Å². The first-order valence-electron chi connectivity index (χ1n) is 7.79. The number of benzene rings is 1. The van der Waals surface area contributed by atoms with Gasteiger partial charge in [0.05, 0.1) is 5.56 Å². The number of aromatic nitrogens is 1. The molecule has 0 unspecified atom stereocenters. The fraction of sp³-hybridized carbons (Fsp3) is 0.278. The first-order valence-corrected chi connectivity index (χ1v) is 7.79. The molecular formula is C18H18N2O4. The lowest BCUT2D eigenvalue weighted by atomic mass is 10.2. The zero-order chi connectivity index (χ0) is 16.9. The summed E-state index contributed by atoms with van der Waals surface area (Å²) in [5, 5.41) is 8.95. The molecule has 1 amide bonds. The molecule has 0 spiro atoms. The van der Waals surface area contributed by atoms with E-state index in [1.807, 2.05) is 30.3 Å². The van der Waals surface area contributed by atoms with E-state index in [0.29, 0.717) is 18.1 Å². The van der Waals surface area contributed by atoms with E-state index in [9.17, 15) is 9.59 Å². The van der Waals surface area contributed by atoms with E-state index in [2.05, 4.69) is 4.98 Å². The molecule has 1 aromatic heterocycles. The number of amides is 1. The minimum Gasteiger partial charge on any atom is -0.480 e. The topological polar surface area (TPSA) is 79.7 Å². The van der Waals surface area contributed by atoms with E-state index in [-0.39, 0.29) is 18.5 Å². The van der Waals surface area contributed by atoms with Crippen LogP contribution in [0.15, 0.2) is 48.7 Å². The second-order valence-electron chi connectivity index (χ2n) is 5.72. The quantitative estimate of drug-likeness (QED) is 0.845. The van der Waals surface area contributed by atoms with Crippen LogP contribution in [0.1, 0.15) is 28.8 Å². The summed E-state index contributed by atoms with van der Waals surface area (Å²) in [4.78, 5) is 28.9. The minimum absolute atomic E-state index is 0.0302. The minimum atomic E-state index is -1.01. The molecule has 2 aromatic rings. The van der Waals surface area contributed by atoms with Crippen LogP contribution >= 0.6 is 0 Å². The van der Waals surface area contributed by atoms with Gasteiger partial charge in [0.25, 0.3) is 5.91 Å². The fourth-order valence-electron chi connectivity index (χ4n) is 2.39. The third kappa shape index (κ3) is 4.10. The van der Waals surface area contributed by atoms with Gasteiger partial charge in [0.15, 0.2) is 0 Å². The van der Waals surface area contributed by atoms with Crippen molar-refractivity contribution in [2.24, 2.45) is 0 Å². The highest BCUT2D eigenvalue weighted by Crippen LogP contribution is 2.28. The van der Waals surface area contributed by atoms with E-state index in [1.165, 1.54) is 11.1 Å². The number of carbonyl (C=O) groups is 2. The Morgan fingerprint density at radius 2 is 1.92 bits per heavy atom. The van der Waals surface area contributed by atoms with Crippen LogP contribution < -0.4 is 4.74 Å². The van der Waals surface area contributed by atoms with E-state index < -0.39 is 5.97 Å². The lowest BCUT2D eigenvalue weighted by Crippen LogP contribution is -2.37. The van der Waals surface area contributed by atoms with Gasteiger partial charge < -0.3 is 14.7 Å². The Balaban J connectivity index is 1.62. The SMILES string of the molecule is O=C(O)CN(C(=O)c1ccc(OCc2ccccc2)nc1)C1CC1. The van der Waals surface area contributed by atoms with Crippen molar-refractivity contribution in [2.45, 2.75) is 25.5 Å². The van der Waals surface area contributed by atoms with Crippen molar-refractivity contribution in [3.63, 3.8) is 0 Å². The Kier molecular flexibility index (Phi) is 4.74. The molecule has 1 saturated carbocycles. The Labute approximate surface area is 139 Å². The molecule has 0 saturated heterocycles. The first kappa shape index (κ1) is 16.0. The molecule has 0 aliphatic heterocycles.